The lowest BCUT2D eigenvalue weighted by Crippen LogP contribution is -2.23. The number of hydrogen-bond acceptors (Lipinski definition) is 2. The van der Waals surface area contributed by atoms with Crippen molar-refractivity contribution < 1.29 is 4.74 Å². The quantitative estimate of drug-likeness (QED) is 0.610. The number of hydrogen-bond donors (Lipinski definition) is 1. The van der Waals surface area contributed by atoms with Crippen molar-refractivity contribution in [2.24, 2.45) is 17.1 Å². The van der Waals surface area contributed by atoms with Crippen LogP contribution in [0.2, 0.25) is 0 Å². The molecule has 0 amide bonds. The monoisotopic (exact) mass is 199 g/mol. The zero-order chi connectivity index (χ0) is 10.4. The third-order valence-electron chi connectivity index (χ3n) is 3.06. The molecule has 0 heterocycles. The van der Waals surface area contributed by atoms with Crippen LogP contribution < -0.4 is 5.73 Å². The molecule has 0 atom stereocenters. The van der Waals surface area contributed by atoms with E-state index in [9.17, 15) is 0 Å². The maximum absolute atomic E-state index is 5.65. The van der Waals surface area contributed by atoms with Gasteiger partial charge in [-0.25, -0.2) is 0 Å². The third kappa shape index (κ3) is 5.61. The first-order valence-electron chi connectivity index (χ1n) is 5.92. The lowest BCUT2D eigenvalue weighted by Gasteiger charge is -2.21. The molecule has 1 fully saturated rings. The van der Waals surface area contributed by atoms with Crippen LogP contribution in [0.25, 0.3) is 0 Å². The highest BCUT2D eigenvalue weighted by Crippen LogP contribution is 2.32. The topological polar surface area (TPSA) is 35.2 Å². The van der Waals surface area contributed by atoms with Crippen LogP contribution in [0.5, 0.6) is 0 Å². The summed E-state index contributed by atoms with van der Waals surface area (Å²) in [7, 11) is 0. The van der Waals surface area contributed by atoms with E-state index in [0.717, 1.165) is 32.1 Å². The lowest BCUT2D eigenvalue weighted by atomic mass is 9.88. The molecular formula is C12H25NO. The SMILES string of the molecule is CC(C)(CN)CCCOCCC1CC1. The van der Waals surface area contributed by atoms with E-state index >= 15 is 0 Å². The van der Waals surface area contributed by atoms with Crippen molar-refractivity contribution >= 4 is 0 Å². The lowest BCUT2D eigenvalue weighted by molar-refractivity contribution is 0.116. The van der Waals surface area contributed by atoms with Crippen LogP contribution in [0.1, 0.15) is 46.0 Å². The van der Waals surface area contributed by atoms with Crippen molar-refractivity contribution in [1.29, 1.82) is 0 Å². The average molecular weight is 199 g/mol. The Morgan fingerprint density at radius 2 is 2.00 bits per heavy atom. The minimum Gasteiger partial charge on any atom is -0.381 e. The molecule has 0 radical (unpaired) electrons. The first-order chi connectivity index (χ1) is 6.64. The van der Waals surface area contributed by atoms with Gasteiger partial charge in [0.15, 0.2) is 0 Å². The van der Waals surface area contributed by atoms with E-state index in [1.807, 2.05) is 0 Å². The van der Waals surface area contributed by atoms with Crippen molar-refractivity contribution in [2.45, 2.75) is 46.0 Å². The zero-order valence-corrected chi connectivity index (χ0v) is 9.72. The number of nitrogens with two attached hydrogens (primary N) is 1. The summed E-state index contributed by atoms with van der Waals surface area (Å²) in [6.45, 7) is 7.09. The summed E-state index contributed by atoms with van der Waals surface area (Å²) in [5.41, 5.74) is 5.95. The normalized spacial score (nSPS) is 17.4. The van der Waals surface area contributed by atoms with E-state index in [0.29, 0.717) is 5.41 Å². The molecule has 1 saturated carbocycles. The van der Waals surface area contributed by atoms with E-state index < -0.39 is 0 Å². The second-order valence-corrected chi connectivity index (χ2v) is 5.32. The first-order valence-corrected chi connectivity index (χ1v) is 5.92. The molecule has 1 aliphatic rings. The summed E-state index contributed by atoms with van der Waals surface area (Å²) >= 11 is 0. The van der Waals surface area contributed by atoms with Gasteiger partial charge in [-0.15, -0.1) is 0 Å². The van der Waals surface area contributed by atoms with Crippen LogP contribution in [-0.2, 0) is 4.74 Å². The van der Waals surface area contributed by atoms with Crippen LogP contribution in [0.4, 0.5) is 0 Å². The van der Waals surface area contributed by atoms with Crippen molar-refractivity contribution in [1.82, 2.24) is 0 Å². The molecule has 0 aliphatic heterocycles. The summed E-state index contributed by atoms with van der Waals surface area (Å²) in [5, 5.41) is 0. The Kier molecular flexibility index (Phi) is 4.90. The van der Waals surface area contributed by atoms with Crippen molar-refractivity contribution in [3.8, 4) is 0 Å². The fraction of sp³-hybridized carbons (Fsp3) is 1.00. The summed E-state index contributed by atoms with van der Waals surface area (Å²) in [6, 6.07) is 0. The molecule has 0 bridgehead atoms. The second kappa shape index (κ2) is 5.72. The molecule has 0 aromatic carbocycles. The van der Waals surface area contributed by atoms with Gasteiger partial charge in [0, 0.05) is 13.2 Å². The first kappa shape index (κ1) is 12.0. The third-order valence-corrected chi connectivity index (χ3v) is 3.06. The van der Waals surface area contributed by atoms with Crippen molar-refractivity contribution in [3.05, 3.63) is 0 Å². The van der Waals surface area contributed by atoms with Crippen molar-refractivity contribution in [2.75, 3.05) is 19.8 Å². The molecule has 14 heavy (non-hydrogen) atoms. The Labute approximate surface area is 88.2 Å². The van der Waals surface area contributed by atoms with Gasteiger partial charge in [-0.2, -0.15) is 0 Å². The van der Waals surface area contributed by atoms with Gasteiger partial charge in [0.1, 0.15) is 0 Å². The minimum absolute atomic E-state index is 0.292. The zero-order valence-electron chi connectivity index (χ0n) is 9.72. The van der Waals surface area contributed by atoms with Gasteiger partial charge in [-0.1, -0.05) is 26.7 Å². The minimum atomic E-state index is 0.292. The predicted octanol–water partition coefficient (Wildman–Crippen LogP) is 2.57. The van der Waals surface area contributed by atoms with Crippen LogP contribution >= 0.6 is 0 Å². The summed E-state index contributed by atoms with van der Waals surface area (Å²) in [6.07, 6.45) is 6.47. The Balaban J connectivity index is 1.83. The fourth-order valence-electron chi connectivity index (χ4n) is 1.51. The molecule has 0 unspecified atom stereocenters. The Hall–Kier alpha value is -0.0800. The fourth-order valence-corrected chi connectivity index (χ4v) is 1.51. The predicted molar refractivity (Wildman–Crippen MR) is 60.2 cm³/mol. The summed E-state index contributed by atoms with van der Waals surface area (Å²) in [4.78, 5) is 0. The number of rotatable bonds is 8. The molecule has 0 saturated heterocycles. The molecular weight excluding hydrogens is 174 g/mol. The second-order valence-electron chi connectivity index (χ2n) is 5.32. The summed E-state index contributed by atoms with van der Waals surface area (Å²) < 4.78 is 5.58. The smallest absolute Gasteiger partial charge is 0.0468 e. The van der Waals surface area contributed by atoms with E-state index in [4.69, 9.17) is 10.5 Å². The Bertz CT molecular complexity index is 152. The van der Waals surface area contributed by atoms with Crippen molar-refractivity contribution in [3.63, 3.8) is 0 Å². The highest BCUT2D eigenvalue weighted by atomic mass is 16.5. The van der Waals surface area contributed by atoms with Gasteiger partial charge in [0.05, 0.1) is 0 Å². The molecule has 0 aromatic heterocycles. The van der Waals surface area contributed by atoms with Gasteiger partial charge in [0.25, 0.3) is 0 Å². The maximum atomic E-state index is 5.65. The molecule has 1 aliphatic carbocycles. The van der Waals surface area contributed by atoms with Gasteiger partial charge in [-0.3, -0.25) is 0 Å². The Morgan fingerprint density at radius 1 is 1.29 bits per heavy atom. The maximum Gasteiger partial charge on any atom is 0.0468 e. The van der Waals surface area contributed by atoms with Gasteiger partial charge < -0.3 is 10.5 Å². The van der Waals surface area contributed by atoms with Crippen LogP contribution in [0, 0.1) is 11.3 Å². The van der Waals surface area contributed by atoms with Gasteiger partial charge in [0.2, 0.25) is 0 Å². The molecule has 2 heteroatoms. The largest absolute Gasteiger partial charge is 0.381 e. The van der Waals surface area contributed by atoms with Crippen LogP contribution in [0.15, 0.2) is 0 Å². The van der Waals surface area contributed by atoms with E-state index in [1.54, 1.807) is 0 Å². The molecule has 84 valence electrons. The van der Waals surface area contributed by atoms with E-state index in [2.05, 4.69) is 13.8 Å². The molecule has 0 spiro atoms. The molecule has 2 nitrogen and oxygen atoms in total. The molecule has 2 N–H and O–H groups in total. The highest BCUT2D eigenvalue weighted by molar-refractivity contribution is 4.72. The van der Waals surface area contributed by atoms with E-state index in [-0.39, 0.29) is 0 Å². The Morgan fingerprint density at radius 3 is 2.57 bits per heavy atom. The van der Waals surface area contributed by atoms with Gasteiger partial charge >= 0.3 is 0 Å². The van der Waals surface area contributed by atoms with E-state index in [1.165, 1.54) is 25.7 Å². The van der Waals surface area contributed by atoms with Crippen LogP contribution in [0.3, 0.4) is 0 Å². The summed E-state index contributed by atoms with van der Waals surface area (Å²) in [5.74, 6) is 0.996. The molecule has 1 rings (SSSR count). The highest BCUT2D eigenvalue weighted by Gasteiger charge is 2.20. The van der Waals surface area contributed by atoms with Gasteiger partial charge in [-0.05, 0) is 37.1 Å². The number of ether oxygens (including phenoxy) is 1. The molecule has 0 aromatic rings. The standard InChI is InChI=1S/C12H25NO/c1-12(2,10-13)7-3-8-14-9-6-11-4-5-11/h11H,3-10,13H2,1-2H3. The average Bonchev–Trinajstić information content (AvgIpc) is 2.95. The van der Waals surface area contributed by atoms with Crippen LogP contribution in [-0.4, -0.2) is 19.8 Å².